The highest BCUT2D eigenvalue weighted by molar-refractivity contribution is 6.69. The van der Waals surface area contributed by atoms with Crippen molar-refractivity contribution in [1.29, 1.82) is 0 Å². The van der Waals surface area contributed by atoms with Crippen LogP contribution in [-0.2, 0) is 21.2 Å². The summed E-state index contributed by atoms with van der Waals surface area (Å²) in [4.78, 5) is 2.89. The summed E-state index contributed by atoms with van der Waals surface area (Å²) in [7, 11) is -1.85. The molecule has 1 saturated heterocycles. The van der Waals surface area contributed by atoms with Crippen molar-refractivity contribution in [2.45, 2.75) is 62.6 Å². The Balaban J connectivity index is 1.82. The Hall–Kier alpha value is -1.99. The third-order valence-corrected chi connectivity index (χ3v) is 6.73. The van der Waals surface area contributed by atoms with Crippen molar-refractivity contribution in [3.63, 3.8) is 0 Å². The lowest BCUT2D eigenvalue weighted by Crippen LogP contribution is -2.50. The Kier molecular flexibility index (Phi) is 4.70. The number of azide groups is 1. The van der Waals surface area contributed by atoms with E-state index in [-0.39, 0.29) is 12.9 Å². The first-order chi connectivity index (χ1) is 13.4. The average Bonchev–Trinajstić information content (AvgIpc) is 3.06. The van der Waals surface area contributed by atoms with Crippen LogP contribution in [0, 0.1) is 0 Å². The molecule has 2 fully saturated rings. The fourth-order valence-corrected chi connectivity index (χ4v) is 6.39. The van der Waals surface area contributed by atoms with E-state index in [1.165, 1.54) is 0 Å². The summed E-state index contributed by atoms with van der Waals surface area (Å²) < 4.78 is 24.5. The molecular formula is C20H27N3O4Si. The highest BCUT2D eigenvalue weighted by atomic mass is 28.4. The molecule has 4 rings (SSSR count). The molecule has 0 bridgehead atoms. The maximum Gasteiger partial charge on any atom is 0.231 e. The normalized spacial score (nSPS) is 29.9. The number of nitrogens with zero attached hydrogens (tertiary/aromatic N) is 3. The van der Waals surface area contributed by atoms with Gasteiger partial charge in [0.25, 0.3) is 0 Å². The molecule has 0 aromatic heterocycles. The molecule has 28 heavy (non-hydrogen) atoms. The van der Waals surface area contributed by atoms with E-state index < -0.39 is 19.5 Å². The van der Waals surface area contributed by atoms with E-state index in [4.69, 9.17) is 24.2 Å². The molecule has 0 unspecified atom stereocenters. The van der Waals surface area contributed by atoms with Gasteiger partial charge in [-0.1, -0.05) is 11.2 Å². The number of epoxide rings is 1. The number of hydrogen-bond acceptors (Lipinski definition) is 5. The van der Waals surface area contributed by atoms with Crippen molar-refractivity contribution in [1.82, 2.24) is 0 Å². The van der Waals surface area contributed by atoms with Crippen LogP contribution in [0.25, 0.3) is 10.4 Å². The molecule has 3 atom stereocenters. The van der Waals surface area contributed by atoms with Crippen LogP contribution in [0.3, 0.4) is 0 Å². The average molecular weight is 402 g/mol. The first kappa shape index (κ1) is 19.3. The molecule has 0 amide bonds. The molecule has 0 spiro atoms. The van der Waals surface area contributed by atoms with Crippen molar-refractivity contribution >= 4 is 8.32 Å². The van der Waals surface area contributed by atoms with Crippen molar-refractivity contribution in [2.75, 3.05) is 13.3 Å². The summed E-state index contributed by atoms with van der Waals surface area (Å²) in [5.41, 5.74) is 9.89. The third-order valence-electron chi connectivity index (χ3n) is 5.73. The largest absolute Gasteiger partial charge is 0.454 e. The van der Waals surface area contributed by atoms with Crippen LogP contribution < -0.4 is 9.47 Å². The highest BCUT2D eigenvalue weighted by Crippen LogP contribution is 2.67. The zero-order valence-electron chi connectivity index (χ0n) is 16.7. The van der Waals surface area contributed by atoms with Gasteiger partial charge in [0.1, 0.15) is 5.60 Å². The van der Waals surface area contributed by atoms with E-state index in [0.29, 0.717) is 13.0 Å². The molecule has 1 saturated carbocycles. The predicted molar refractivity (Wildman–Crippen MR) is 108 cm³/mol. The molecule has 2 aliphatic heterocycles. The summed E-state index contributed by atoms with van der Waals surface area (Å²) in [5, 5.41) is 3.72. The monoisotopic (exact) mass is 401 g/mol. The van der Waals surface area contributed by atoms with Crippen LogP contribution in [0.5, 0.6) is 11.5 Å². The number of hydrogen-bond donors (Lipinski definition) is 0. The molecule has 0 radical (unpaired) electrons. The van der Waals surface area contributed by atoms with Crippen molar-refractivity contribution in [3.8, 4) is 11.5 Å². The van der Waals surface area contributed by atoms with E-state index >= 15 is 0 Å². The van der Waals surface area contributed by atoms with Crippen LogP contribution >= 0.6 is 0 Å². The van der Waals surface area contributed by atoms with E-state index in [9.17, 15) is 0 Å². The zero-order valence-corrected chi connectivity index (χ0v) is 17.7. The SMILES string of the molecule is C=CC[C@@]1(O[Si](C)(C)C)CC[C@@H]2O[C@@]21c1cc2c(cc1CCN=[N+]=[N-])OCO2. The van der Waals surface area contributed by atoms with Gasteiger partial charge in [-0.05, 0) is 74.1 Å². The maximum absolute atomic E-state index is 8.68. The fourth-order valence-electron chi connectivity index (χ4n) is 4.88. The zero-order chi connectivity index (χ0) is 20.0. The summed E-state index contributed by atoms with van der Waals surface area (Å²) in [6.07, 6.45) is 5.32. The Bertz CT molecular complexity index is 849. The molecule has 2 heterocycles. The van der Waals surface area contributed by atoms with Crippen LogP contribution in [0.15, 0.2) is 29.9 Å². The van der Waals surface area contributed by atoms with Gasteiger partial charge in [-0.3, -0.25) is 0 Å². The molecule has 8 heteroatoms. The minimum absolute atomic E-state index is 0.127. The number of fused-ring (bicyclic) bond motifs is 2. The van der Waals surface area contributed by atoms with Crippen LogP contribution in [0.4, 0.5) is 0 Å². The van der Waals surface area contributed by atoms with Crippen LogP contribution in [0.2, 0.25) is 19.6 Å². The molecule has 1 aromatic rings. The fraction of sp³-hybridized carbons (Fsp3) is 0.600. The summed E-state index contributed by atoms with van der Waals surface area (Å²) in [5.74, 6) is 1.46. The maximum atomic E-state index is 8.68. The molecule has 1 aliphatic carbocycles. The minimum atomic E-state index is -1.85. The second kappa shape index (κ2) is 6.81. The van der Waals surface area contributed by atoms with Gasteiger partial charge in [0.05, 0.1) is 11.7 Å². The lowest BCUT2D eigenvalue weighted by molar-refractivity contribution is -0.0271. The van der Waals surface area contributed by atoms with Gasteiger partial charge in [-0.15, -0.1) is 6.58 Å². The number of rotatable bonds is 8. The summed E-state index contributed by atoms with van der Waals surface area (Å²) >= 11 is 0. The smallest absolute Gasteiger partial charge is 0.231 e. The van der Waals surface area contributed by atoms with Gasteiger partial charge >= 0.3 is 0 Å². The van der Waals surface area contributed by atoms with Gasteiger partial charge in [0.15, 0.2) is 19.8 Å². The van der Waals surface area contributed by atoms with Crippen LogP contribution in [0.1, 0.15) is 30.4 Å². The Labute approximate surface area is 166 Å². The van der Waals surface area contributed by atoms with Gasteiger partial charge in [0.2, 0.25) is 6.79 Å². The predicted octanol–water partition coefficient (Wildman–Crippen LogP) is 4.82. The number of benzene rings is 1. The quantitative estimate of drug-likeness (QED) is 0.156. The Morgan fingerprint density at radius 1 is 1.36 bits per heavy atom. The topological polar surface area (TPSA) is 89.0 Å². The summed E-state index contributed by atoms with van der Waals surface area (Å²) in [6.45, 7) is 11.2. The number of ether oxygens (including phenoxy) is 3. The standard InChI is InChI=1S/C20H27N3O4Si/c1-5-8-19(27-28(2,3)4)9-6-18-20(19,26-18)15-12-17-16(24-13-25-17)11-14(15)7-10-22-23-21/h5,11-12,18H,1,6-10,13H2,2-4H3/t18-,19+,20-/m0/s1. The second-order valence-electron chi connectivity index (χ2n) is 8.65. The molecule has 7 nitrogen and oxygen atoms in total. The second-order valence-corrected chi connectivity index (χ2v) is 13.1. The highest BCUT2D eigenvalue weighted by Gasteiger charge is 2.75. The first-order valence-electron chi connectivity index (χ1n) is 9.78. The molecule has 0 N–H and O–H groups in total. The lowest BCUT2D eigenvalue weighted by Gasteiger charge is -2.42. The third kappa shape index (κ3) is 3.01. The lowest BCUT2D eigenvalue weighted by atomic mass is 9.78. The molecular weight excluding hydrogens is 374 g/mol. The molecule has 1 aromatic carbocycles. The minimum Gasteiger partial charge on any atom is -0.454 e. The van der Waals surface area contributed by atoms with E-state index in [0.717, 1.165) is 41.9 Å². The van der Waals surface area contributed by atoms with Crippen molar-refractivity contribution < 1.29 is 18.6 Å². The van der Waals surface area contributed by atoms with Gasteiger partial charge in [0, 0.05) is 11.5 Å². The Morgan fingerprint density at radius 3 is 2.75 bits per heavy atom. The van der Waals surface area contributed by atoms with Crippen molar-refractivity contribution in [3.05, 3.63) is 46.4 Å². The van der Waals surface area contributed by atoms with Crippen molar-refractivity contribution in [2.24, 2.45) is 5.11 Å². The Morgan fingerprint density at radius 2 is 2.11 bits per heavy atom. The van der Waals surface area contributed by atoms with Gasteiger partial charge < -0.3 is 18.6 Å². The summed E-state index contributed by atoms with van der Waals surface area (Å²) in [6, 6.07) is 4.05. The first-order valence-corrected chi connectivity index (χ1v) is 13.2. The molecule has 3 aliphatic rings. The van der Waals surface area contributed by atoms with Crippen LogP contribution in [-0.4, -0.2) is 33.4 Å². The van der Waals surface area contributed by atoms with E-state index in [1.54, 1.807) is 0 Å². The van der Waals surface area contributed by atoms with Gasteiger partial charge in [-0.25, -0.2) is 0 Å². The van der Waals surface area contributed by atoms with E-state index in [1.807, 2.05) is 18.2 Å². The van der Waals surface area contributed by atoms with E-state index in [2.05, 4.69) is 36.2 Å². The molecule has 150 valence electrons. The van der Waals surface area contributed by atoms with Gasteiger partial charge in [-0.2, -0.15) is 0 Å².